The van der Waals surface area contributed by atoms with Crippen molar-refractivity contribution in [2.75, 3.05) is 6.54 Å². The van der Waals surface area contributed by atoms with Crippen LogP contribution in [0.5, 0.6) is 0 Å². The Labute approximate surface area is 187 Å². The molecule has 172 valence electrons. The summed E-state index contributed by atoms with van der Waals surface area (Å²) in [7, 11) is 0. The summed E-state index contributed by atoms with van der Waals surface area (Å²) in [6.07, 6.45) is 2.00. The van der Waals surface area contributed by atoms with Crippen LogP contribution in [0.2, 0.25) is 0 Å². The smallest absolute Gasteiger partial charge is 0.273 e. The molecule has 0 radical (unpaired) electrons. The van der Waals surface area contributed by atoms with Crippen LogP contribution in [0, 0.1) is 16.7 Å². The zero-order valence-corrected chi connectivity index (χ0v) is 18.7. The van der Waals surface area contributed by atoms with Crippen molar-refractivity contribution in [3.8, 4) is 6.07 Å². The lowest BCUT2D eigenvalue weighted by Gasteiger charge is -2.30. The van der Waals surface area contributed by atoms with Gasteiger partial charge in [0.15, 0.2) is 5.69 Å². The van der Waals surface area contributed by atoms with E-state index in [1.165, 1.54) is 0 Å². The van der Waals surface area contributed by atoms with Crippen LogP contribution >= 0.6 is 0 Å². The molecule has 1 atom stereocenters. The molecule has 0 aliphatic heterocycles. The number of hydrazine groups is 1. The van der Waals surface area contributed by atoms with Gasteiger partial charge in [-0.25, -0.2) is 11.4 Å². The minimum atomic E-state index is -0.840. The molecule has 2 rings (SSSR count). The largest absolute Gasteiger partial charge is 0.384 e. The van der Waals surface area contributed by atoms with E-state index in [1.807, 2.05) is 45.0 Å². The van der Waals surface area contributed by atoms with Gasteiger partial charge in [-0.2, -0.15) is 15.5 Å². The van der Waals surface area contributed by atoms with E-state index in [4.69, 9.17) is 16.8 Å². The van der Waals surface area contributed by atoms with Gasteiger partial charge >= 0.3 is 0 Å². The summed E-state index contributed by atoms with van der Waals surface area (Å²) in [5, 5.41) is 23.0. The van der Waals surface area contributed by atoms with Crippen LogP contribution in [0.15, 0.2) is 29.4 Å². The zero-order chi connectivity index (χ0) is 23.7. The van der Waals surface area contributed by atoms with E-state index in [-0.39, 0.29) is 18.1 Å². The number of amides is 2. The maximum absolute atomic E-state index is 13.2. The summed E-state index contributed by atoms with van der Waals surface area (Å²) in [4.78, 5) is 26.0. The predicted octanol–water partition coefficient (Wildman–Crippen LogP) is 0.726. The van der Waals surface area contributed by atoms with Gasteiger partial charge < -0.3 is 16.4 Å². The highest BCUT2D eigenvalue weighted by Gasteiger charge is 2.34. The van der Waals surface area contributed by atoms with Crippen molar-refractivity contribution in [3.05, 3.63) is 30.0 Å². The molecule has 7 N–H and O–H groups in total. The first-order valence-electron chi connectivity index (χ1n) is 10.4. The number of amidine groups is 1. The Hall–Kier alpha value is -3.65. The van der Waals surface area contributed by atoms with Crippen LogP contribution in [0.3, 0.4) is 0 Å². The van der Waals surface area contributed by atoms with Crippen molar-refractivity contribution in [2.24, 2.45) is 22.1 Å². The van der Waals surface area contributed by atoms with Crippen molar-refractivity contribution in [3.63, 3.8) is 0 Å². The van der Waals surface area contributed by atoms with Crippen molar-refractivity contribution in [2.45, 2.75) is 52.6 Å². The molecular formula is C21H31N9O2. The Kier molecular flexibility index (Phi) is 8.54. The number of fused-ring (bicyclic) bond motifs is 1. The minimum absolute atomic E-state index is 0.0221. The molecule has 1 unspecified atom stereocenters. The van der Waals surface area contributed by atoms with Crippen LogP contribution in [-0.4, -0.2) is 40.0 Å². The molecule has 32 heavy (non-hydrogen) atoms. The van der Waals surface area contributed by atoms with E-state index in [1.54, 1.807) is 4.68 Å². The molecule has 2 aromatic rings. The number of hydrazone groups is 1. The van der Waals surface area contributed by atoms with E-state index in [2.05, 4.69) is 32.4 Å². The first-order valence-corrected chi connectivity index (χ1v) is 10.4. The lowest BCUT2D eigenvalue weighted by atomic mass is 9.86. The van der Waals surface area contributed by atoms with Crippen molar-refractivity contribution in [1.82, 2.24) is 25.9 Å². The summed E-state index contributed by atoms with van der Waals surface area (Å²) in [6.45, 7) is 6.12. The number of nitriles is 1. The van der Waals surface area contributed by atoms with Crippen LogP contribution in [0.25, 0.3) is 10.9 Å². The first kappa shape index (κ1) is 24.6. The zero-order valence-electron chi connectivity index (χ0n) is 18.7. The van der Waals surface area contributed by atoms with Gasteiger partial charge in [-0.3, -0.25) is 14.3 Å². The topological polar surface area (TPSA) is 176 Å². The lowest BCUT2D eigenvalue weighted by molar-refractivity contribution is -0.125. The molecule has 0 saturated heterocycles. The Morgan fingerprint density at radius 2 is 2.00 bits per heavy atom. The molecule has 1 heterocycles. The molecular weight excluding hydrogens is 410 g/mol. The standard InChI is InChI=1S/C21H31N9O2/c1-21(2,3)18(20(32)25-13-16(23)27-29-24)26-19(31)17-14-9-5-6-10-15(14)30(28-17)12-8-4-7-11-22/h5-6,9-10,18,29H,4,7-8,12-13,24H2,1-3H3,(H2,23,27)(H,25,32)(H,26,31). The van der Waals surface area contributed by atoms with Gasteiger partial charge in [0.25, 0.3) is 5.91 Å². The number of unbranched alkanes of at least 4 members (excludes halogenated alkanes) is 2. The fourth-order valence-corrected chi connectivity index (χ4v) is 3.21. The molecule has 0 saturated carbocycles. The number of carbonyl (C=O) groups is 2. The maximum Gasteiger partial charge on any atom is 0.273 e. The number of aryl methyl sites for hydroxylation is 1. The highest BCUT2D eigenvalue weighted by molar-refractivity contribution is 6.06. The van der Waals surface area contributed by atoms with Crippen LogP contribution < -0.4 is 27.7 Å². The molecule has 1 aromatic carbocycles. The lowest BCUT2D eigenvalue weighted by Crippen LogP contribution is -2.54. The molecule has 0 aliphatic carbocycles. The second-order valence-corrected chi connectivity index (χ2v) is 8.43. The SMILES string of the molecule is CC(C)(C)C(NC(=O)c1nn(CCCCC#N)c2ccccc12)C(=O)NC/C(N)=N/NN. The van der Waals surface area contributed by atoms with Gasteiger partial charge in [-0.15, -0.1) is 0 Å². The molecule has 0 fully saturated rings. The maximum atomic E-state index is 13.2. The molecule has 11 nitrogen and oxygen atoms in total. The third-order valence-corrected chi connectivity index (χ3v) is 4.84. The van der Waals surface area contributed by atoms with E-state index in [9.17, 15) is 9.59 Å². The number of nitrogens with zero attached hydrogens (tertiary/aromatic N) is 4. The van der Waals surface area contributed by atoms with Crippen LogP contribution in [-0.2, 0) is 11.3 Å². The van der Waals surface area contributed by atoms with Gasteiger partial charge in [0, 0.05) is 18.4 Å². The third kappa shape index (κ3) is 6.42. The Balaban J connectivity index is 2.23. The second-order valence-electron chi connectivity index (χ2n) is 8.43. The summed E-state index contributed by atoms with van der Waals surface area (Å²) in [5.41, 5.74) is 8.19. The summed E-state index contributed by atoms with van der Waals surface area (Å²) in [6, 6.07) is 8.72. The van der Waals surface area contributed by atoms with Crippen molar-refractivity contribution in [1.29, 1.82) is 5.26 Å². The number of para-hydroxylation sites is 1. The van der Waals surface area contributed by atoms with Crippen molar-refractivity contribution >= 4 is 28.6 Å². The molecule has 0 bridgehead atoms. The molecule has 0 spiro atoms. The van der Waals surface area contributed by atoms with Gasteiger partial charge in [0.2, 0.25) is 5.91 Å². The number of benzene rings is 1. The van der Waals surface area contributed by atoms with Crippen LogP contribution in [0.4, 0.5) is 0 Å². The average Bonchev–Trinajstić information content (AvgIpc) is 3.11. The minimum Gasteiger partial charge on any atom is -0.384 e. The highest BCUT2D eigenvalue weighted by atomic mass is 16.2. The normalized spacial score (nSPS) is 12.8. The van der Waals surface area contributed by atoms with E-state index in [0.717, 1.165) is 18.4 Å². The molecule has 2 amide bonds. The number of aromatic nitrogens is 2. The number of rotatable bonds is 10. The fourth-order valence-electron chi connectivity index (χ4n) is 3.21. The average molecular weight is 442 g/mol. The number of carbonyl (C=O) groups excluding carboxylic acids is 2. The number of hydrogen-bond acceptors (Lipinski definition) is 7. The monoisotopic (exact) mass is 441 g/mol. The summed E-state index contributed by atoms with van der Waals surface area (Å²) >= 11 is 0. The quantitative estimate of drug-likeness (QED) is 0.119. The Morgan fingerprint density at radius 3 is 2.66 bits per heavy atom. The highest BCUT2D eigenvalue weighted by Crippen LogP contribution is 2.22. The summed E-state index contributed by atoms with van der Waals surface area (Å²) < 4.78 is 1.77. The number of hydrogen-bond donors (Lipinski definition) is 5. The van der Waals surface area contributed by atoms with E-state index in [0.29, 0.717) is 18.4 Å². The van der Waals surface area contributed by atoms with Gasteiger partial charge in [-0.05, 0) is 24.3 Å². The van der Waals surface area contributed by atoms with E-state index < -0.39 is 23.3 Å². The summed E-state index contributed by atoms with van der Waals surface area (Å²) in [5.74, 6) is 4.33. The molecule has 0 aliphatic rings. The first-order chi connectivity index (χ1) is 15.2. The van der Waals surface area contributed by atoms with Gasteiger partial charge in [0.1, 0.15) is 11.9 Å². The molecule has 11 heteroatoms. The third-order valence-electron chi connectivity index (χ3n) is 4.84. The number of nitrogens with one attached hydrogen (secondary N) is 3. The Bertz CT molecular complexity index is 1010. The Morgan fingerprint density at radius 1 is 1.28 bits per heavy atom. The number of nitrogens with two attached hydrogens (primary N) is 2. The van der Waals surface area contributed by atoms with Gasteiger partial charge in [-0.1, -0.05) is 39.0 Å². The van der Waals surface area contributed by atoms with Crippen molar-refractivity contribution < 1.29 is 9.59 Å². The van der Waals surface area contributed by atoms with Gasteiger partial charge in [0.05, 0.1) is 18.1 Å². The molecule has 1 aromatic heterocycles. The predicted molar refractivity (Wildman–Crippen MR) is 122 cm³/mol. The van der Waals surface area contributed by atoms with Crippen LogP contribution in [0.1, 0.15) is 50.5 Å². The second kappa shape index (κ2) is 11.1. The fraction of sp³-hybridized carbons (Fsp3) is 0.476. The van der Waals surface area contributed by atoms with E-state index >= 15 is 0 Å².